The van der Waals surface area contributed by atoms with Gasteiger partial charge in [0.2, 0.25) is 0 Å². The smallest absolute Gasteiger partial charge is 0.0701 e. The predicted molar refractivity (Wildman–Crippen MR) is 76.7 cm³/mol. The molecule has 0 saturated heterocycles. The molecule has 5 heteroatoms. The largest absolute Gasteiger partial charge is 0.383 e. The monoisotopic (exact) mass is 277 g/mol. The van der Waals surface area contributed by atoms with Crippen LogP contribution in [0, 0.1) is 5.92 Å². The second-order valence-corrected chi connectivity index (χ2v) is 4.48. The van der Waals surface area contributed by atoms with E-state index in [-0.39, 0.29) is 0 Å². The summed E-state index contributed by atoms with van der Waals surface area (Å²) in [6.45, 7) is 8.34. The molecule has 0 aromatic rings. The molecule has 0 fully saturated rings. The van der Waals surface area contributed by atoms with Crippen molar-refractivity contribution in [2.75, 3.05) is 67.0 Å². The third-order valence-electron chi connectivity index (χ3n) is 2.97. The molecule has 0 spiro atoms. The Morgan fingerprint density at radius 2 is 1.47 bits per heavy atom. The molecule has 0 aliphatic carbocycles. The van der Waals surface area contributed by atoms with E-state index in [1.807, 2.05) is 0 Å². The standard InChI is InChI=1S/C14H31NO4/c1-4-14(13-15-6-8-16-2)5-7-18-11-12-19-10-9-17-3/h14-15H,4-13H2,1-3H3. The molecule has 0 aliphatic rings. The topological polar surface area (TPSA) is 49.0 Å². The van der Waals surface area contributed by atoms with Crippen LogP contribution in [-0.2, 0) is 18.9 Å². The highest BCUT2D eigenvalue weighted by atomic mass is 16.5. The molecule has 0 amide bonds. The molecular weight excluding hydrogens is 246 g/mol. The summed E-state index contributed by atoms with van der Waals surface area (Å²) in [7, 11) is 3.40. The van der Waals surface area contributed by atoms with Crippen molar-refractivity contribution in [1.29, 1.82) is 0 Å². The molecule has 116 valence electrons. The van der Waals surface area contributed by atoms with E-state index >= 15 is 0 Å². The molecule has 0 aromatic carbocycles. The Morgan fingerprint density at radius 1 is 0.842 bits per heavy atom. The zero-order valence-electron chi connectivity index (χ0n) is 12.8. The van der Waals surface area contributed by atoms with Gasteiger partial charge in [-0.15, -0.1) is 0 Å². The maximum absolute atomic E-state index is 5.56. The lowest BCUT2D eigenvalue weighted by atomic mass is 10.0. The second-order valence-electron chi connectivity index (χ2n) is 4.48. The summed E-state index contributed by atoms with van der Waals surface area (Å²) in [6, 6.07) is 0. The van der Waals surface area contributed by atoms with Gasteiger partial charge >= 0.3 is 0 Å². The van der Waals surface area contributed by atoms with E-state index in [0.29, 0.717) is 32.3 Å². The van der Waals surface area contributed by atoms with Crippen molar-refractivity contribution in [2.24, 2.45) is 5.92 Å². The molecule has 5 nitrogen and oxygen atoms in total. The highest BCUT2D eigenvalue weighted by molar-refractivity contribution is 4.60. The molecule has 0 radical (unpaired) electrons. The summed E-state index contributed by atoms with van der Waals surface area (Å²) in [4.78, 5) is 0. The van der Waals surface area contributed by atoms with Crippen LogP contribution in [0.5, 0.6) is 0 Å². The Bertz CT molecular complexity index is 170. The van der Waals surface area contributed by atoms with Crippen LogP contribution < -0.4 is 5.32 Å². The number of ether oxygens (including phenoxy) is 4. The van der Waals surface area contributed by atoms with Gasteiger partial charge in [0.25, 0.3) is 0 Å². The van der Waals surface area contributed by atoms with Crippen molar-refractivity contribution >= 4 is 0 Å². The molecule has 0 heterocycles. The number of hydrogen-bond donors (Lipinski definition) is 1. The Morgan fingerprint density at radius 3 is 2.11 bits per heavy atom. The fourth-order valence-electron chi connectivity index (χ4n) is 1.65. The van der Waals surface area contributed by atoms with Crippen molar-refractivity contribution in [3.63, 3.8) is 0 Å². The van der Waals surface area contributed by atoms with E-state index in [4.69, 9.17) is 18.9 Å². The van der Waals surface area contributed by atoms with Crippen LogP contribution >= 0.6 is 0 Å². The minimum atomic E-state index is 0.640. The summed E-state index contributed by atoms with van der Waals surface area (Å²) in [5, 5.41) is 3.39. The zero-order chi connectivity index (χ0) is 14.2. The van der Waals surface area contributed by atoms with Crippen molar-refractivity contribution in [1.82, 2.24) is 5.32 Å². The third kappa shape index (κ3) is 14.0. The van der Waals surface area contributed by atoms with Crippen LogP contribution in [0.25, 0.3) is 0 Å². The number of methoxy groups -OCH3 is 2. The van der Waals surface area contributed by atoms with Crippen LogP contribution in [0.1, 0.15) is 19.8 Å². The van der Waals surface area contributed by atoms with Crippen LogP contribution in [0.3, 0.4) is 0 Å². The summed E-state index contributed by atoms with van der Waals surface area (Å²) < 4.78 is 20.8. The first-order valence-corrected chi connectivity index (χ1v) is 7.19. The van der Waals surface area contributed by atoms with Gasteiger partial charge in [-0.1, -0.05) is 13.3 Å². The average Bonchev–Trinajstić information content (AvgIpc) is 2.44. The Balaban J connectivity index is 3.26. The van der Waals surface area contributed by atoms with Crippen molar-refractivity contribution in [2.45, 2.75) is 19.8 Å². The summed E-state index contributed by atoms with van der Waals surface area (Å²) in [5.74, 6) is 0.672. The van der Waals surface area contributed by atoms with E-state index in [0.717, 1.165) is 32.7 Å². The lowest BCUT2D eigenvalue weighted by Gasteiger charge is -2.15. The highest BCUT2D eigenvalue weighted by Crippen LogP contribution is 2.06. The third-order valence-corrected chi connectivity index (χ3v) is 2.97. The summed E-state index contributed by atoms with van der Waals surface area (Å²) in [6.07, 6.45) is 2.27. The van der Waals surface area contributed by atoms with Gasteiger partial charge in [0.05, 0.1) is 33.0 Å². The molecule has 0 saturated carbocycles. The van der Waals surface area contributed by atoms with Gasteiger partial charge in [0.15, 0.2) is 0 Å². The van der Waals surface area contributed by atoms with Gasteiger partial charge in [0.1, 0.15) is 0 Å². The molecule has 0 rings (SSSR count). The van der Waals surface area contributed by atoms with Gasteiger partial charge in [0, 0.05) is 27.4 Å². The lowest BCUT2D eigenvalue weighted by molar-refractivity contribution is 0.0217. The van der Waals surface area contributed by atoms with Gasteiger partial charge in [-0.05, 0) is 18.9 Å². The first kappa shape index (κ1) is 18.8. The van der Waals surface area contributed by atoms with E-state index in [9.17, 15) is 0 Å². The molecule has 0 bridgehead atoms. The minimum Gasteiger partial charge on any atom is -0.383 e. The highest BCUT2D eigenvalue weighted by Gasteiger charge is 2.05. The number of nitrogens with one attached hydrogen (secondary N) is 1. The van der Waals surface area contributed by atoms with Gasteiger partial charge in [-0.3, -0.25) is 0 Å². The van der Waals surface area contributed by atoms with Crippen LogP contribution in [-0.4, -0.2) is 67.0 Å². The predicted octanol–water partition coefficient (Wildman–Crippen LogP) is 1.32. The first-order valence-electron chi connectivity index (χ1n) is 7.19. The number of hydrogen-bond acceptors (Lipinski definition) is 5. The Kier molecular flexibility index (Phi) is 15.7. The normalized spacial score (nSPS) is 12.8. The summed E-state index contributed by atoms with van der Waals surface area (Å²) in [5.41, 5.74) is 0. The average molecular weight is 277 g/mol. The molecule has 1 N–H and O–H groups in total. The fraction of sp³-hybridized carbons (Fsp3) is 1.00. The van der Waals surface area contributed by atoms with Gasteiger partial charge < -0.3 is 24.3 Å². The SMILES string of the molecule is CCC(CCOCCOCCOC)CNCCOC. The number of rotatable bonds is 15. The van der Waals surface area contributed by atoms with E-state index in [2.05, 4.69) is 12.2 Å². The Hall–Kier alpha value is -0.200. The van der Waals surface area contributed by atoms with E-state index in [1.165, 1.54) is 6.42 Å². The Labute approximate surface area is 117 Å². The minimum absolute atomic E-state index is 0.640. The molecule has 19 heavy (non-hydrogen) atoms. The molecule has 0 aromatic heterocycles. The molecule has 1 atom stereocenters. The molecule has 0 aliphatic heterocycles. The second kappa shape index (κ2) is 15.9. The van der Waals surface area contributed by atoms with Gasteiger partial charge in [-0.2, -0.15) is 0 Å². The zero-order valence-corrected chi connectivity index (χ0v) is 12.8. The van der Waals surface area contributed by atoms with Crippen molar-refractivity contribution < 1.29 is 18.9 Å². The van der Waals surface area contributed by atoms with Crippen molar-refractivity contribution in [3.8, 4) is 0 Å². The van der Waals surface area contributed by atoms with Crippen LogP contribution in [0.15, 0.2) is 0 Å². The van der Waals surface area contributed by atoms with Crippen molar-refractivity contribution in [3.05, 3.63) is 0 Å². The quantitative estimate of drug-likeness (QED) is 0.458. The van der Waals surface area contributed by atoms with Crippen LogP contribution in [0.4, 0.5) is 0 Å². The van der Waals surface area contributed by atoms with Crippen LogP contribution in [0.2, 0.25) is 0 Å². The fourth-order valence-corrected chi connectivity index (χ4v) is 1.65. The first-order chi connectivity index (χ1) is 9.35. The summed E-state index contributed by atoms with van der Waals surface area (Å²) >= 11 is 0. The maximum atomic E-state index is 5.56. The lowest BCUT2D eigenvalue weighted by Crippen LogP contribution is -2.26. The molecule has 1 unspecified atom stereocenters. The van der Waals surface area contributed by atoms with E-state index in [1.54, 1.807) is 14.2 Å². The molecular formula is C14H31NO4. The van der Waals surface area contributed by atoms with Gasteiger partial charge in [-0.25, -0.2) is 0 Å². The van der Waals surface area contributed by atoms with E-state index < -0.39 is 0 Å². The maximum Gasteiger partial charge on any atom is 0.0701 e.